The van der Waals surface area contributed by atoms with Gasteiger partial charge in [0.15, 0.2) is 28.3 Å². The van der Waals surface area contributed by atoms with Crippen LogP contribution in [0.4, 0.5) is 18.3 Å². The first-order valence-corrected chi connectivity index (χ1v) is 15.2. The molecule has 0 bridgehead atoms. The average molecular weight is 696 g/mol. The number of thioether (sulfide) groups is 2. The molecule has 0 spiro atoms. The number of thiazole rings is 1. The van der Waals surface area contributed by atoms with Gasteiger partial charge in [0.2, 0.25) is 5.43 Å². The van der Waals surface area contributed by atoms with E-state index in [-0.39, 0.29) is 61.7 Å². The Morgan fingerprint density at radius 3 is 2.55 bits per heavy atom. The first-order valence-electron chi connectivity index (χ1n) is 11.5. The number of nitrogens with zero attached hydrogens (tertiary/aromatic N) is 3. The van der Waals surface area contributed by atoms with E-state index in [1.165, 1.54) is 5.38 Å². The summed E-state index contributed by atoms with van der Waals surface area (Å²) in [5, 5.41) is 36.1. The Kier molecular flexibility index (Phi) is 10.0. The summed E-state index contributed by atoms with van der Waals surface area (Å²) in [6, 6.07) is -0.828. The number of benzene rings is 1. The van der Waals surface area contributed by atoms with Gasteiger partial charge >= 0.3 is 35.5 Å². The molecule has 1 saturated heterocycles. The number of rotatable bonds is 8. The second-order valence-electron chi connectivity index (χ2n) is 8.67. The van der Waals surface area contributed by atoms with Crippen LogP contribution in [0.2, 0.25) is 0 Å². The van der Waals surface area contributed by atoms with Gasteiger partial charge in [-0.2, -0.15) is 0 Å². The summed E-state index contributed by atoms with van der Waals surface area (Å²) in [7, 11) is 0. The largest absolute Gasteiger partial charge is 1.00 e. The summed E-state index contributed by atoms with van der Waals surface area (Å²) in [6.07, 6.45) is 0. The molecule has 0 saturated carbocycles. The number of halogens is 3. The number of carbonyl (C=O) groups excluding carboxylic acids is 3. The zero-order valence-electron chi connectivity index (χ0n) is 21.8. The Bertz CT molecular complexity index is 1880. The predicted molar refractivity (Wildman–Crippen MR) is 148 cm³/mol. The van der Waals surface area contributed by atoms with Gasteiger partial charge in [0.1, 0.15) is 22.7 Å². The van der Waals surface area contributed by atoms with Crippen LogP contribution >= 0.6 is 46.2 Å². The number of nitrogens with two attached hydrogens (primary N) is 1. The van der Waals surface area contributed by atoms with Gasteiger partial charge in [-0.1, -0.05) is 5.16 Å². The van der Waals surface area contributed by atoms with Crippen LogP contribution in [0.15, 0.2) is 36.9 Å². The number of carboxylic acids is 2. The fourth-order valence-corrected chi connectivity index (χ4v) is 8.72. The van der Waals surface area contributed by atoms with E-state index in [0.29, 0.717) is 29.2 Å². The van der Waals surface area contributed by atoms with E-state index in [1.54, 1.807) is 0 Å². The van der Waals surface area contributed by atoms with Gasteiger partial charge in [-0.3, -0.25) is 19.3 Å². The monoisotopic (exact) mass is 695 g/mol. The predicted octanol–water partition coefficient (Wildman–Crippen LogP) is -2.21. The number of anilines is 1. The van der Waals surface area contributed by atoms with Crippen LogP contribution < -0.4 is 51.1 Å². The van der Waals surface area contributed by atoms with Crippen LogP contribution in [0.25, 0.3) is 10.1 Å². The molecule has 2 atom stereocenters. The van der Waals surface area contributed by atoms with Crippen molar-refractivity contribution in [3.8, 4) is 0 Å². The van der Waals surface area contributed by atoms with Crippen LogP contribution in [0.1, 0.15) is 16.1 Å². The van der Waals surface area contributed by atoms with E-state index < -0.39 is 85.1 Å². The summed E-state index contributed by atoms with van der Waals surface area (Å²) in [5.41, 5.74) is 2.34. The molecule has 0 aliphatic carbocycles. The average Bonchev–Trinajstić information content (AvgIpc) is 3.39. The Labute approximate surface area is 281 Å². The third-order valence-corrected chi connectivity index (χ3v) is 10.8. The first-order chi connectivity index (χ1) is 20.3. The number of oxime groups is 1. The van der Waals surface area contributed by atoms with Gasteiger partial charge in [0.05, 0.1) is 20.6 Å². The van der Waals surface area contributed by atoms with Crippen LogP contribution in [-0.2, 0) is 14.4 Å². The molecule has 1 aromatic carbocycles. The van der Waals surface area contributed by atoms with Crippen molar-refractivity contribution in [3.05, 3.63) is 61.6 Å². The summed E-state index contributed by atoms with van der Waals surface area (Å²) in [4.78, 5) is 67.1. The van der Waals surface area contributed by atoms with Crippen molar-refractivity contribution in [1.29, 1.82) is 0 Å². The number of aliphatic carboxylic acids is 1. The molecule has 0 unspecified atom stereocenters. The number of nitrogen functional groups attached to an aromatic ring is 1. The summed E-state index contributed by atoms with van der Waals surface area (Å²) >= 11 is 3.00. The Hall–Kier alpha value is -3.14. The molecule has 3 aromatic rings. The summed E-state index contributed by atoms with van der Waals surface area (Å²) < 4.78 is 41.1. The number of aromatic nitrogens is 1. The SMILES string of the molecule is Nc1nc(/C(=N/O)C(=O)N[C@@H]2C(=O)N3C(C(=O)[O-])=C(CSc4sc5c(F)c(F)c(F)cc5c(=O)c4C(=O)O)CS[C@@H]23)cs1.[Na+]. The Morgan fingerprint density at radius 1 is 1.25 bits per heavy atom. The zero-order valence-corrected chi connectivity index (χ0v) is 27.0. The Balaban J connectivity index is 0.00000442. The number of fused-ring (bicyclic) bond motifs is 2. The van der Waals surface area contributed by atoms with Crippen molar-refractivity contribution < 1.29 is 77.3 Å². The number of hydrogen-bond acceptors (Lipinski definition) is 14. The number of aromatic carboxylic acids is 1. The first kappa shape index (κ1) is 33.7. The van der Waals surface area contributed by atoms with Gasteiger partial charge in [-0.25, -0.2) is 22.9 Å². The van der Waals surface area contributed by atoms with Crippen LogP contribution in [0.3, 0.4) is 0 Å². The molecule has 2 aromatic heterocycles. The van der Waals surface area contributed by atoms with Crippen LogP contribution in [0.5, 0.6) is 0 Å². The molecular weight excluding hydrogens is 683 g/mol. The van der Waals surface area contributed by atoms with Crippen molar-refractivity contribution in [2.75, 3.05) is 17.2 Å². The molecule has 0 radical (unpaired) electrons. The molecule has 224 valence electrons. The molecule has 21 heteroatoms. The molecule has 44 heavy (non-hydrogen) atoms. The van der Waals surface area contributed by atoms with E-state index in [1.807, 2.05) is 0 Å². The maximum Gasteiger partial charge on any atom is 1.00 e. The zero-order chi connectivity index (χ0) is 31.3. The topological polar surface area (TPSA) is 215 Å². The molecule has 5 rings (SSSR count). The maximum absolute atomic E-state index is 14.5. The molecule has 13 nitrogen and oxygen atoms in total. The number of nitrogens with one attached hydrogen (secondary N) is 1. The standard InChI is InChI=1S/C23H14F3N5O8S4.Na/c24-7-1-6-15(32)9(20(35)36)22(43-16(6)11(26)10(7)25)41-3-5-2-40-19-13(18(34)31(19)14(5)21(37)38)29-17(33)12(30-39)8-4-42-23(27)28-8;/h1,4,13,19,39H,2-3H2,(H2,27,28)(H,29,33)(H,35,36)(H,37,38);/q;+1/p-1/b30-12-;/t13-,19+;/m1./s1. The fourth-order valence-electron chi connectivity index (χ4n) is 4.26. The minimum Gasteiger partial charge on any atom is -0.543 e. The Morgan fingerprint density at radius 2 is 1.95 bits per heavy atom. The molecular formula is C23H13F3N5NaO8S4. The van der Waals surface area contributed by atoms with Crippen LogP contribution in [-0.4, -0.2) is 72.6 Å². The van der Waals surface area contributed by atoms with Gasteiger partial charge in [0, 0.05) is 22.3 Å². The third-order valence-electron chi connectivity index (χ3n) is 6.19. The molecule has 2 aliphatic rings. The van der Waals surface area contributed by atoms with E-state index >= 15 is 0 Å². The second-order valence-corrected chi connectivity index (χ2v) is 12.9. The van der Waals surface area contributed by atoms with Gasteiger partial charge < -0.3 is 31.3 Å². The second kappa shape index (κ2) is 13.1. The van der Waals surface area contributed by atoms with Crippen molar-refractivity contribution >= 4 is 90.9 Å². The molecule has 4 heterocycles. The van der Waals surface area contributed by atoms with E-state index in [2.05, 4.69) is 15.5 Å². The maximum atomic E-state index is 14.5. The molecule has 1 fully saturated rings. The smallest absolute Gasteiger partial charge is 0.543 e. The van der Waals surface area contributed by atoms with Gasteiger partial charge in [-0.05, 0) is 11.6 Å². The quantitative estimate of drug-likeness (QED) is 0.0376. The number of amides is 2. The van der Waals surface area contributed by atoms with Crippen molar-refractivity contribution in [2.24, 2.45) is 5.16 Å². The van der Waals surface area contributed by atoms with Gasteiger partial charge in [0.25, 0.3) is 11.8 Å². The normalized spacial score (nSPS) is 18.0. The molecule has 2 amide bonds. The third kappa shape index (κ3) is 5.82. The summed E-state index contributed by atoms with van der Waals surface area (Å²) in [6.45, 7) is 0. The van der Waals surface area contributed by atoms with E-state index in [0.717, 1.165) is 28.0 Å². The number of carboxylic acid groups (broad SMARTS) is 2. The number of β-lactam (4-membered cyclic amide) rings is 1. The van der Waals surface area contributed by atoms with Crippen molar-refractivity contribution in [1.82, 2.24) is 15.2 Å². The minimum absolute atomic E-state index is 0. The van der Waals surface area contributed by atoms with Crippen molar-refractivity contribution in [2.45, 2.75) is 15.6 Å². The molecule has 2 aliphatic heterocycles. The fraction of sp³-hybridized carbons (Fsp3) is 0.174. The van der Waals surface area contributed by atoms with E-state index in [4.69, 9.17) is 5.73 Å². The number of carbonyl (C=O) groups is 4. The van der Waals surface area contributed by atoms with Crippen molar-refractivity contribution in [3.63, 3.8) is 0 Å². The minimum atomic E-state index is -1.86. The molecule has 5 N–H and O–H groups in total. The van der Waals surface area contributed by atoms with Crippen LogP contribution in [0, 0.1) is 17.5 Å². The van der Waals surface area contributed by atoms with E-state index in [9.17, 15) is 52.6 Å². The summed E-state index contributed by atoms with van der Waals surface area (Å²) in [5.74, 6) is -10.9. The number of hydrogen-bond donors (Lipinski definition) is 4. The van der Waals surface area contributed by atoms with Gasteiger partial charge in [-0.15, -0.1) is 46.2 Å².